The molecule has 1 saturated carbocycles. The van der Waals surface area contributed by atoms with Gasteiger partial charge in [-0.05, 0) is 30.4 Å². The maximum absolute atomic E-state index is 13.4. The predicted molar refractivity (Wildman–Crippen MR) is 52.6 cm³/mol. The molecule has 14 heavy (non-hydrogen) atoms. The lowest BCUT2D eigenvalue weighted by Crippen LogP contribution is -2.14. The summed E-state index contributed by atoms with van der Waals surface area (Å²) in [5, 5.41) is 0. The van der Waals surface area contributed by atoms with Gasteiger partial charge in [0.25, 0.3) is 0 Å². The molecule has 0 radical (unpaired) electrons. The lowest BCUT2D eigenvalue weighted by Gasteiger charge is -2.21. The Hall–Kier alpha value is -1.18. The molecule has 1 aliphatic rings. The van der Waals surface area contributed by atoms with Crippen LogP contribution in [-0.4, -0.2) is 5.78 Å². The first-order valence-electron chi connectivity index (χ1n) is 5.03. The summed E-state index contributed by atoms with van der Waals surface area (Å²) in [6.07, 6.45) is 3.02. The lowest BCUT2D eigenvalue weighted by atomic mass is 9.83. The minimum Gasteiger partial charge on any atom is -0.300 e. The highest BCUT2D eigenvalue weighted by molar-refractivity contribution is 5.80. The van der Waals surface area contributed by atoms with Crippen LogP contribution >= 0.6 is 0 Å². The smallest absolute Gasteiger partial charge is 0.133 e. The van der Waals surface area contributed by atoms with Gasteiger partial charge in [-0.2, -0.15) is 0 Å². The van der Waals surface area contributed by atoms with Gasteiger partial charge in [-0.25, -0.2) is 4.39 Å². The first kappa shape index (κ1) is 9.38. The molecule has 1 aromatic rings. The molecule has 1 fully saturated rings. The second-order valence-electron chi connectivity index (χ2n) is 3.85. The summed E-state index contributed by atoms with van der Waals surface area (Å²) in [6.45, 7) is 0. The van der Waals surface area contributed by atoms with Gasteiger partial charge < -0.3 is 0 Å². The molecule has 2 rings (SSSR count). The Balaban J connectivity index is 2.22. The van der Waals surface area contributed by atoms with Gasteiger partial charge >= 0.3 is 0 Å². The van der Waals surface area contributed by atoms with Gasteiger partial charge in [0.2, 0.25) is 0 Å². The molecule has 0 saturated heterocycles. The number of hydrogen-bond donors (Lipinski definition) is 0. The molecule has 74 valence electrons. The number of halogens is 1. The Bertz CT molecular complexity index is 346. The van der Waals surface area contributed by atoms with Crippen molar-refractivity contribution in [2.45, 2.75) is 31.6 Å². The van der Waals surface area contributed by atoms with Crippen molar-refractivity contribution in [2.24, 2.45) is 0 Å². The van der Waals surface area contributed by atoms with E-state index in [1.165, 1.54) is 6.07 Å². The zero-order chi connectivity index (χ0) is 9.97. The molecule has 1 aliphatic carbocycles. The van der Waals surface area contributed by atoms with Crippen molar-refractivity contribution in [1.82, 2.24) is 0 Å². The van der Waals surface area contributed by atoms with E-state index in [0.29, 0.717) is 18.4 Å². The zero-order valence-electron chi connectivity index (χ0n) is 8.00. The van der Waals surface area contributed by atoms with Crippen molar-refractivity contribution in [3.05, 3.63) is 35.6 Å². The van der Waals surface area contributed by atoms with Crippen LogP contribution in [0.15, 0.2) is 24.3 Å². The average Bonchev–Trinajstić information content (AvgIpc) is 2.18. The predicted octanol–water partition coefficient (Wildman–Crippen LogP) is 3.05. The summed E-state index contributed by atoms with van der Waals surface area (Å²) in [5.41, 5.74) is 0.709. The largest absolute Gasteiger partial charge is 0.300 e. The molecule has 0 aliphatic heterocycles. The summed E-state index contributed by atoms with van der Waals surface area (Å²) < 4.78 is 13.4. The van der Waals surface area contributed by atoms with Crippen molar-refractivity contribution in [2.75, 3.05) is 0 Å². The highest BCUT2D eigenvalue weighted by Crippen LogP contribution is 2.31. The maximum atomic E-state index is 13.4. The summed E-state index contributed by atoms with van der Waals surface area (Å²) in [5.74, 6) is 0.203. The Labute approximate surface area is 82.9 Å². The highest BCUT2D eigenvalue weighted by atomic mass is 19.1. The Morgan fingerprint density at radius 1 is 1.29 bits per heavy atom. The number of carbonyl (C=O) groups excluding carboxylic acids is 1. The molecule has 0 spiro atoms. The van der Waals surface area contributed by atoms with E-state index in [2.05, 4.69) is 0 Å². The second kappa shape index (κ2) is 3.91. The summed E-state index contributed by atoms with van der Waals surface area (Å²) >= 11 is 0. The van der Waals surface area contributed by atoms with Crippen LogP contribution in [0.3, 0.4) is 0 Å². The zero-order valence-corrected chi connectivity index (χ0v) is 8.00. The number of carbonyl (C=O) groups is 1. The molecule has 0 aromatic heterocycles. The van der Waals surface area contributed by atoms with Crippen LogP contribution in [0.1, 0.15) is 37.2 Å². The van der Waals surface area contributed by atoms with Crippen molar-refractivity contribution in [3.63, 3.8) is 0 Å². The molecule has 2 heteroatoms. The van der Waals surface area contributed by atoms with Crippen LogP contribution in [0, 0.1) is 5.82 Å². The van der Waals surface area contributed by atoms with Gasteiger partial charge in [-0.1, -0.05) is 18.2 Å². The minimum absolute atomic E-state index is 0.109. The van der Waals surface area contributed by atoms with Crippen molar-refractivity contribution < 1.29 is 9.18 Å². The van der Waals surface area contributed by atoms with Crippen LogP contribution < -0.4 is 0 Å². The van der Waals surface area contributed by atoms with Gasteiger partial charge in [-0.15, -0.1) is 0 Å². The van der Waals surface area contributed by atoms with Gasteiger partial charge in [0.05, 0.1) is 0 Å². The fourth-order valence-corrected chi connectivity index (χ4v) is 2.10. The third-order valence-corrected chi connectivity index (χ3v) is 2.83. The quantitative estimate of drug-likeness (QED) is 0.668. The number of rotatable bonds is 1. The monoisotopic (exact) mass is 192 g/mol. The van der Waals surface area contributed by atoms with E-state index in [0.717, 1.165) is 12.8 Å². The standard InChI is InChI=1S/C12H13FO/c13-12-7-2-1-6-11(12)9-4-3-5-10(14)8-9/h1-2,6-7,9H,3-5,8H2. The molecule has 1 nitrogen and oxygen atoms in total. The lowest BCUT2D eigenvalue weighted by molar-refractivity contribution is -0.120. The van der Waals surface area contributed by atoms with Crippen LogP contribution in [0.25, 0.3) is 0 Å². The molecule has 1 aromatic carbocycles. The van der Waals surface area contributed by atoms with Gasteiger partial charge in [0.15, 0.2) is 0 Å². The number of Topliss-reactive ketones (excluding diaryl/α,β-unsaturated/α-hetero) is 1. The van der Waals surface area contributed by atoms with Gasteiger partial charge in [0.1, 0.15) is 11.6 Å². The van der Waals surface area contributed by atoms with Crippen LogP contribution in [-0.2, 0) is 4.79 Å². The third kappa shape index (κ3) is 1.84. The Morgan fingerprint density at radius 2 is 2.07 bits per heavy atom. The molecule has 1 unspecified atom stereocenters. The maximum Gasteiger partial charge on any atom is 0.133 e. The molecular weight excluding hydrogens is 179 g/mol. The van der Waals surface area contributed by atoms with E-state index in [1.807, 2.05) is 6.07 Å². The summed E-state index contributed by atoms with van der Waals surface area (Å²) in [4.78, 5) is 11.2. The van der Waals surface area contributed by atoms with E-state index in [-0.39, 0.29) is 17.5 Å². The van der Waals surface area contributed by atoms with E-state index in [9.17, 15) is 9.18 Å². The van der Waals surface area contributed by atoms with Crippen molar-refractivity contribution in [3.8, 4) is 0 Å². The topological polar surface area (TPSA) is 17.1 Å². The molecule has 0 bridgehead atoms. The third-order valence-electron chi connectivity index (χ3n) is 2.83. The van der Waals surface area contributed by atoms with E-state index < -0.39 is 0 Å². The molecule has 1 atom stereocenters. The number of ketones is 1. The normalized spacial score (nSPS) is 22.4. The molecular formula is C12H13FO. The highest BCUT2D eigenvalue weighted by Gasteiger charge is 2.22. The van der Waals surface area contributed by atoms with Crippen LogP contribution in [0.5, 0.6) is 0 Å². The van der Waals surface area contributed by atoms with Crippen LogP contribution in [0.2, 0.25) is 0 Å². The van der Waals surface area contributed by atoms with E-state index >= 15 is 0 Å². The Morgan fingerprint density at radius 3 is 2.79 bits per heavy atom. The average molecular weight is 192 g/mol. The molecule has 0 N–H and O–H groups in total. The second-order valence-corrected chi connectivity index (χ2v) is 3.85. The fourth-order valence-electron chi connectivity index (χ4n) is 2.10. The molecule has 0 amide bonds. The fraction of sp³-hybridized carbons (Fsp3) is 0.417. The SMILES string of the molecule is O=C1CCCC(c2ccccc2F)C1. The van der Waals surface area contributed by atoms with Crippen molar-refractivity contribution >= 4 is 5.78 Å². The summed E-state index contributed by atoms with van der Waals surface area (Å²) in [7, 11) is 0. The number of benzene rings is 1. The first-order chi connectivity index (χ1) is 6.77. The van der Waals surface area contributed by atoms with Crippen LogP contribution in [0.4, 0.5) is 4.39 Å². The van der Waals surface area contributed by atoms with E-state index in [4.69, 9.17) is 0 Å². The molecule has 0 heterocycles. The van der Waals surface area contributed by atoms with E-state index in [1.54, 1.807) is 12.1 Å². The Kier molecular flexibility index (Phi) is 2.62. The minimum atomic E-state index is -0.174. The van der Waals surface area contributed by atoms with Gasteiger partial charge in [-0.3, -0.25) is 4.79 Å². The number of hydrogen-bond acceptors (Lipinski definition) is 1. The van der Waals surface area contributed by atoms with Crippen molar-refractivity contribution in [1.29, 1.82) is 0 Å². The summed E-state index contributed by atoms with van der Waals surface area (Å²) in [6, 6.07) is 6.77. The van der Waals surface area contributed by atoms with Gasteiger partial charge in [0, 0.05) is 12.8 Å². The first-order valence-corrected chi connectivity index (χ1v) is 5.03.